The Labute approximate surface area is 308 Å². The fourth-order valence-corrected chi connectivity index (χ4v) is 6.78. The summed E-state index contributed by atoms with van der Waals surface area (Å²) in [7, 11) is 3.20. The molecule has 6 aromatic rings. The zero-order valence-corrected chi connectivity index (χ0v) is 29.7. The van der Waals surface area contributed by atoms with Crippen LogP contribution in [0.3, 0.4) is 0 Å². The quantitative estimate of drug-likeness (QED) is 0.167. The maximum atomic E-state index is 13.2. The predicted octanol–water partition coefficient (Wildman–Crippen LogP) is 4.03. The SMILES string of the molecule is COc1ccc(C(OC[C@H]2O[C@@H](n3cc(-c4ccc(-n5cc(C)c(=O)[nH]c5=O)cc4)c(=O)[nH]c3=O)C[C@@H]2O)(c2ccccc2)c2ccc(OC)cc2)cc1. The molecule has 0 unspecified atom stereocenters. The van der Waals surface area contributed by atoms with Gasteiger partial charge in [-0.15, -0.1) is 0 Å². The van der Waals surface area contributed by atoms with E-state index in [1.165, 1.54) is 21.5 Å². The molecule has 1 aliphatic rings. The highest BCUT2D eigenvalue weighted by atomic mass is 16.6. The summed E-state index contributed by atoms with van der Waals surface area (Å²) in [6.07, 6.45) is 0.0915. The number of hydrogen-bond donors (Lipinski definition) is 3. The first-order valence-corrected chi connectivity index (χ1v) is 17.2. The number of ether oxygens (including phenoxy) is 4. The molecule has 0 bridgehead atoms. The van der Waals surface area contributed by atoms with E-state index >= 15 is 0 Å². The summed E-state index contributed by atoms with van der Waals surface area (Å²) in [5.74, 6) is 1.35. The van der Waals surface area contributed by atoms with Crippen molar-refractivity contribution in [3.8, 4) is 28.3 Å². The first-order valence-electron chi connectivity index (χ1n) is 17.2. The molecule has 276 valence electrons. The van der Waals surface area contributed by atoms with E-state index in [1.807, 2.05) is 78.9 Å². The lowest BCUT2D eigenvalue weighted by Crippen LogP contribution is -2.38. The van der Waals surface area contributed by atoms with Gasteiger partial charge in [-0.3, -0.25) is 28.7 Å². The highest BCUT2D eigenvalue weighted by Gasteiger charge is 2.42. The van der Waals surface area contributed by atoms with Crippen LogP contribution < -0.4 is 32.0 Å². The predicted molar refractivity (Wildman–Crippen MR) is 201 cm³/mol. The number of benzene rings is 4. The van der Waals surface area contributed by atoms with E-state index in [4.69, 9.17) is 18.9 Å². The second kappa shape index (κ2) is 15.0. The number of methoxy groups -OCH3 is 2. The topological polar surface area (TPSA) is 167 Å². The Morgan fingerprint density at radius 2 is 1.31 bits per heavy atom. The number of aliphatic hydroxyl groups is 1. The van der Waals surface area contributed by atoms with Gasteiger partial charge >= 0.3 is 11.4 Å². The third-order valence-corrected chi connectivity index (χ3v) is 9.70. The number of nitrogens with zero attached hydrogens (tertiary/aromatic N) is 2. The van der Waals surface area contributed by atoms with Crippen LogP contribution >= 0.6 is 0 Å². The van der Waals surface area contributed by atoms with Gasteiger partial charge < -0.3 is 24.1 Å². The van der Waals surface area contributed by atoms with Crippen LogP contribution in [0.5, 0.6) is 11.5 Å². The molecule has 0 amide bonds. The smallest absolute Gasteiger partial charge is 0.332 e. The minimum atomic E-state index is -1.16. The van der Waals surface area contributed by atoms with Crippen molar-refractivity contribution in [1.29, 1.82) is 0 Å². The Kier molecular flexibility index (Phi) is 10.0. The van der Waals surface area contributed by atoms with E-state index in [1.54, 1.807) is 45.4 Å². The van der Waals surface area contributed by atoms with Crippen LogP contribution in [0.4, 0.5) is 0 Å². The molecule has 0 saturated carbocycles. The van der Waals surface area contributed by atoms with E-state index < -0.39 is 46.5 Å². The maximum absolute atomic E-state index is 13.2. The second-order valence-electron chi connectivity index (χ2n) is 12.9. The first kappa shape index (κ1) is 36.1. The number of aromatic amines is 2. The van der Waals surface area contributed by atoms with Gasteiger partial charge in [0.2, 0.25) is 0 Å². The van der Waals surface area contributed by atoms with Gasteiger partial charge in [0, 0.05) is 24.4 Å². The summed E-state index contributed by atoms with van der Waals surface area (Å²) < 4.78 is 26.7. The highest BCUT2D eigenvalue weighted by molar-refractivity contribution is 5.63. The van der Waals surface area contributed by atoms with Crippen LogP contribution in [-0.2, 0) is 15.1 Å². The zero-order valence-electron chi connectivity index (χ0n) is 29.7. The molecule has 13 heteroatoms. The zero-order chi connectivity index (χ0) is 38.0. The van der Waals surface area contributed by atoms with Crippen molar-refractivity contribution in [3.05, 3.63) is 179 Å². The third-order valence-electron chi connectivity index (χ3n) is 9.70. The number of rotatable bonds is 11. The van der Waals surface area contributed by atoms with Crippen LogP contribution in [0.15, 0.2) is 135 Å². The average molecular weight is 731 g/mol. The molecule has 0 spiro atoms. The Hall–Kier alpha value is -6.28. The molecule has 1 saturated heterocycles. The van der Waals surface area contributed by atoms with E-state index in [0.29, 0.717) is 28.3 Å². The number of nitrogens with one attached hydrogen (secondary N) is 2. The van der Waals surface area contributed by atoms with Crippen LogP contribution in [0.25, 0.3) is 16.8 Å². The van der Waals surface area contributed by atoms with Gasteiger partial charge in [-0.1, -0.05) is 66.7 Å². The molecule has 4 aromatic carbocycles. The average Bonchev–Trinajstić information content (AvgIpc) is 3.57. The van der Waals surface area contributed by atoms with Gasteiger partial charge in [-0.05, 0) is 65.6 Å². The van der Waals surface area contributed by atoms with Crippen LogP contribution in [0, 0.1) is 6.92 Å². The summed E-state index contributed by atoms with van der Waals surface area (Å²) in [5.41, 5.74) is 0.342. The molecule has 3 atom stereocenters. The molecule has 13 nitrogen and oxygen atoms in total. The van der Waals surface area contributed by atoms with Crippen molar-refractivity contribution in [2.75, 3.05) is 20.8 Å². The largest absolute Gasteiger partial charge is 0.497 e. The Morgan fingerprint density at radius 1 is 0.741 bits per heavy atom. The molecule has 0 radical (unpaired) electrons. The summed E-state index contributed by atoms with van der Waals surface area (Å²) in [4.78, 5) is 55.1. The number of aromatic nitrogens is 4. The maximum Gasteiger partial charge on any atom is 0.332 e. The Morgan fingerprint density at radius 3 is 1.91 bits per heavy atom. The fourth-order valence-electron chi connectivity index (χ4n) is 6.78. The van der Waals surface area contributed by atoms with Crippen LogP contribution in [-0.4, -0.2) is 57.2 Å². The Bertz CT molecular complexity index is 2440. The molecule has 7 rings (SSSR count). The van der Waals surface area contributed by atoms with Gasteiger partial charge in [0.05, 0.1) is 38.2 Å². The molecule has 54 heavy (non-hydrogen) atoms. The normalized spacial score (nSPS) is 17.0. The highest BCUT2D eigenvalue weighted by Crippen LogP contribution is 2.42. The monoisotopic (exact) mass is 730 g/mol. The fraction of sp³-hybridized carbons (Fsp3) is 0.220. The molecular formula is C41H38N4O9. The van der Waals surface area contributed by atoms with Gasteiger partial charge in [-0.25, -0.2) is 9.59 Å². The minimum absolute atomic E-state index is 0.0518. The lowest BCUT2D eigenvalue weighted by atomic mass is 9.80. The molecule has 1 fully saturated rings. The lowest BCUT2D eigenvalue weighted by molar-refractivity contribution is -0.0944. The number of H-pyrrole nitrogens is 2. The van der Waals surface area contributed by atoms with E-state index in [9.17, 15) is 24.3 Å². The van der Waals surface area contributed by atoms with Gasteiger partial charge in [0.15, 0.2) is 0 Å². The first-order chi connectivity index (χ1) is 26.1. The molecule has 1 aliphatic heterocycles. The summed E-state index contributed by atoms with van der Waals surface area (Å²) in [6.45, 7) is 1.52. The number of aliphatic hydroxyl groups excluding tert-OH is 1. The van der Waals surface area contributed by atoms with Crippen LogP contribution in [0.2, 0.25) is 0 Å². The van der Waals surface area contributed by atoms with Crippen molar-refractivity contribution in [2.24, 2.45) is 0 Å². The van der Waals surface area contributed by atoms with Crippen molar-refractivity contribution < 1.29 is 24.1 Å². The Balaban J connectivity index is 1.19. The molecule has 3 N–H and O–H groups in total. The van der Waals surface area contributed by atoms with Gasteiger partial charge in [-0.2, -0.15) is 0 Å². The molecule has 3 heterocycles. The van der Waals surface area contributed by atoms with Crippen LogP contribution in [0.1, 0.15) is 34.9 Å². The molecule has 2 aromatic heterocycles. The summed E-state index contributed by atoms with van der Waals surface area (Å²) >= 11 is 0. The number of aryl methyl sites for hydroxylation is 1. The summed E-state index contributed by atoms with van der Waals surface area (Å²) in [5, 5.41) is 11.3. The third kappa shape index (κ3) is 6.83. The summed E-state index contributed by atoms with van der Waals surface area (Å²) in [6, 6.07) is 31.4. The molecule has 0 aliphatic carbocycles. The van der Waals surface area contributed by atoms with Crippen molar-refractivity contribution in [3.63, 3.8) is 0 Å². The minimum Gasteiger partial charge on any atom is -0.497 e. The van der Waals surface area contributed by atoms with E-state index in [-0.39, 0.29) is 18.6 Å². The standard InChI is InChI=1S/C41H38N4O9/c1-25-22-44(39(49)42-37(25)47)30-15-9-26(10-16-30)33-23-45(40(50)43-38(33)48)36-21-34(46)35(54-36)24-53-41(27-7-5-4-6-8-27,28-11-17-31(51-2)18-12-28)29-13-19-32(52-3)20-14-29/h4-20,22-23,34-36,46H,21,24H2,1-3H3,(H,42,47,49)(H,43,48,50)/t34-,35+,36+/m0/s1. The van der Waals surface area contributed by atoms with Crippen molar-refractivity contribution in [2.45, 2.75) is 37.4 Å². The lowest BCUT2D eigenvalue weighted by Gasteiger charge is -2.37. The molecular weight excluding hydrogens is 692 g/mol. The second-order valence-corrected chi connectivity index (χ2v) is 12.9. The van der Waals surface area contributed by atoms with Crippen molar-refractivity contribution in [1.82, 2.24) is 19.1 Å². The van der Waals surface area contributed by atoms with Crippen molar-refractivity contribution >= 4 is 0 Å². The van der Waals surface area contributed by atoms with E-state index in [0.717, 1.165) is 16.7 Å². The van der Waals surface area contributed by atoms with E-state index in [2.05, 4.69) is 9.97 Å². The van der Waals surface area contributed by atoms with Gasteiger partial charge in [0.25, 0.3) is 11.1 Å². The van der Waals surface area contributed by atoms with Gasteiger partial charge in [0.1, 0.15) is 29.4 Å². The number of hydrogen-bond acceptors (Lipinski definition) is 9.